The molecule has 5 nitrogen and oxygen atoms in total. The highest BCUT2D eigenvalue weighted by Gasteiger charge is 2.10. The maximum absolute atomic E-state index is 12.3. The van der Waals surface area contributed by atoms with E-state index in [2.05, 4.69) is 0 Å². The molecule has 1 aromatic heterocycles. The van der Waals surface area contributed by atoms with Gasteiger partial charge in [0, 0.05) is 23.6 Å². The van der Waals surface area contributed by atoms with E-state index >= 15 is 0 Å². The molecule has 3 aromatic rings. The van der Waals surface area contributed by atoms with Crippen molar-refractivity contribution >= 4 is 17.8 Å². The predicted molar refractivity (Wildman–Crippen MR) is 114 cm³/mol. The molecule has 0 N–H and O–H groups in total. The number of carbonyl (C=O) groups excluding carboxylic acids is 2. The predicted octanol–water partition coefficient (Wildman–Crippen LogP) is 4.03. The second kappa shape index (κ2) is 10.7. The van der Waals surface area contributed by atoms with Gasteiger partial charge in [0.25, 0.3) is 0 Å². The summed E-state index contributed by atoms with van der Waals surface area (Å²) >= 11 is 0. The van der Waals surface area contributed by atoms with Crippen LogP contribution in [0, 0.1) is 0 Å². The minimum absolute atomic E-state index is 0.0633. The van der Waals surface area contributed by atoms with Crippen molar-refractivity contribution in [3.8, 4) is 5.75 Å². The molecule has 0 amide bonds. The highest BCUT2D eigenvalue weighted by molar-refractivity contribution is 6.06. The number of nitrogens with zero attached hydrogens (tertiary/aromatic N) is 1. The van der Waals surface area contributed by atoms with Crippen LogP contribution in [-0.2, 0) is 11.8 Å². The van der Waals surface area contributed by atoms with Crippen LogP contribution in [0.4, 0.5) is 0 Å². The molecule has 0 atom stereocenters. The summed E-state index contributed by atoms with van der Waals surface area (Å²) < 4.78 is 12.9. The Morgan fingerprint density at radius 2 is 1.63 bits per heavy atom. The Kier molecular flexibility index (Phi) is 7.50. The van der Waals surface area contributed by atoms with Gasteiger partial charge in [0.05, 0.1) is 13.2 Å². The third-order valence-corrected chi connectivity index (χ3v) is 4.35. The van der Waals surface area contributed by atoms with Crippen molar-refractivity contribution in [1.29, 1.82) is 0 Å². The lowest BCUT2D eigenvalue weighted by atomic mass is 10.1. The van der Waals surface area contributed by atoms with Gasteiger partial charge in [-0.05, 0) is 24.3 Å². The van der Waals surface area contributed by atoms with Gasteiger partial charge < -0.3 is 9.47 Å². The van der Waals surface area contributed by atoms with Gasteiger partial charge in [-0.15, -0.1) is 0 Å². The van der Waals surface area contributed by atoms with Crippen LogP contribution in [0.3, 0.4) is 0 Å². The summed E-state index contributed by atoms with van der Waals surface area (Å²) in [6, 6.07) is 20.1. The van der Waals surface area contributed by atoms with Crippen LogP contribution in [0.2, 0.25) is 0 Å². The van der Waals surface area contributed by atoms with E-state index in [1.165, 1.54) is 0 Å². The molecule has 0 bridgehead atoms. The highest BCUT2D eigenvalue weighted by Crippen LogP contribution is 2.20. The van der Waals surface area contributed by atoms with Crippen LogP contribution in [-0.4, -0.2) is 25.0 Å². The third kappa shape index (κ3) is 6.14. The average Bonchev–Trinajstić information content (AvgIpc) is 2.78. The number of pyridine rings is 1. The van der Waals surface area contributed by atoms with E-state index < -0.39 is 0 Å². The highest BCUT2D eigenvalue weighted by atomic mass is 16.5. The van der Waals surface area contributed by atoms with E-state index in [0.717, 1.165) is 5.56 Å². The largest absolute Gasteiger partial charge is 0.493 e. The maximum Gasteiger partial charge on any atom is 0.344 e. The Bertz CT molecular complexity index is 1030. The van der Waals surface area contributed by atoms with Gasteiger partial charge in [-0.1, -0.05) is 48.5 Å². The van der Waals surface area contributed by atoms with Crippen molar-refractivity contribution in [3.05, 3.63) is 102 Å². The van der Waals surface area contributed by atoms with Crippen molar-refractivity contribution < 1.29 is 23.6 Å². The van der Waals surface area contributed by atoms with E-state index in [9.17, 15) is 9.59 Å². The Morgan fingerprint density at radius 1 is 0.900 bits per heavy atom. The summed E-state index contributed by atoms with van der Waals surface area (Å²) in [4.78, 5) is 24.3. The molecule has 0 saturated heterocycles. The number of esters is 1. The number of aryl methyl sites for hydroxylation is 1. The second-order valence-corrected chi connectivity index (χ2v) is 6.70. The molecule has 0 spiro atoms. The lowest BCUT2D eigenvalue weighted by molar-refractivity contribution is -0.671. The monoisotopic (exact) mass is 402 g/mol. The van der Waals surface area contributed by atoms with Crippen molar-refractivity contribution in [1.82, 2.24) is 0 Å². The van der Waals surface area contributed by atoms with Gasteiger partial charge in [-0.2, -0.15) is 0 Å². The average molecular weight is 402 g/mol. The summed E-state index contributed by atoms with van der Waals surface area (Å²) in [5, 5.41) is 0. The van der Waals surface area contributed by atoms with Crippen LogP contribution in [0.15, 0.2) is 85.2 Å². The first kappa shape index (κ1) is 21.0. The molecule has 0 radical (unpaired) electrons. The molecule has 152 valence electrons. The smallest absolute Gasteiger partial charge is 0.344 e. The minimum atomic E-state index is -0.353. The van der Waals surface area contributed by atoms with Gasteiger partial charge in [-0.3, -0.25) is 4.79 Å². The van der Waals surface area contributed by atoms with E-state index in [4.69, 9.17) is 9.47 Å². The van der Waals surface area contributed by atoms with E-state index in [1.54, 1.807) is 47.2 Å². The number of ketones is 1. The molecule has 3 rings (SSSR count). The normalized spacial score (nSPS) is 10.7. The molecule has 1 heterocycles. The fourth-order valence-corrected chi connectivity index (χ4v) is 2.81. The number of para-hydroxylation sites is 1. The van der Waals surface area contributed by atoms with Crippen LogP contribution in [0.1, 0.15) is 32.7 Å². The zero-order valence-corrected chi connectivity index (χ0v) is 16.9. The molecule has 0 aliphatic carbocycles. The van der Waals surface area contributed by atoms with Gasteiger partial charge >= 0.3 is 5.97 Å². The van der Waals surface area contributed by atoms with E-state index in [0.29, 0.717) is 29.9 Å². The quantitative estimate of drug-likeness (QED) is 0.178. The molecule has 5 heteroatoms. The zero-order chi connectivity index (χ0) is 21.2. The molecule has 0 fully saturated rings. The zero-order valence-electron chi connectivity index (χ0n) is 16.9. The van der Waals surface area contributed by atoms with Crippen molar-refractivity contribution in [2.24, 2.45) is 7.05 Å². The van der Waals surface area contributed by atoms with Gasteiger partial charge in [0.1, 0.15) is 18.4 Å². The SMILES string of the molecule is C[n+]1cccc(C(=O)OCCCOc2ccccc2C=CC(=O)c2ccccc2)c1. The lowest BCUT2D eigenvalue weighted by Crippen LogP contribution is -2.28. The molecule has 30 heavy (non-hydrogen) atoms. The summed E-state index contributed by atoms with van der Waals surface area (Å²) in [6.07, 6.45) is 7.42. The fourth-order valence-electron chi connectivity index (χ4n) is 2.81. The topological polar surface area (TPSA) is 56.5 Å². The minimum Gasteiger partial charge on any atom is -0.493 e. The molecular weight excluding hydrogens is 378 g/mol. The summed E-state index contributed by atoms with van der Waals surface area (Å²) in [5.41, 5.74) is 1.97. The Morgan fingerprint density at radius 3 is 2.43 bits per heavy atom. The number of aromatic nitrogens is 1. The Hall–Kier alpha value is -3.73. The number of allylic oxidation sites excluding steroid dienone is 1. The first-order valence-electron chi connectivity index (χ1n) is 9.75. The second-order valence-electron chi connectivity index (χ2n) is 6.70. The summed E-state index contributed by atoms with van der Waals surface area (Å²) in [6.45, 7) is 0.662. The van der Waals surface area contributed by atoms with Gasteiger partial charge in [0.15, 0.2) is 18.2 Å². The number of rotatable bonds is 9. The molecule has 0 aliphatic heterocycles. The molecule has 0 saturated carbocycles. The van der Waals surface area contributed by atoms with Gasteiger partial charge in [0.2, 0.25) is 0 Å². The molecule has 2 aromatic carbocycles. The first-order chi connectivity index (χ1) is 14.6. The number of benzene rings is 2. The Balaban J connectivity index is 1.49. The number of hydrogen-bond acceptors (Lipinski definition) is 4. The molecule has 0 aliphatic rings. The maximum atomic E-state index is 12.3. The van der Waals surface area contributed by atoms with Crippen LogP contribution in [0.5, 0.6) is 5.75 Å². The number of carbonyl (C=O) groups is 2. The van der Waals surface area contributed by atoms with Gasteiger partial charge in [-0.25, -0.2) is 9.36 Å². The number of ether oxygens (including phenoxy) is 2. The third-order valence-electron chi connectivity index (χ3n) is 4.35. The standard InChI is InChI=1S/C25H24NO4/c1-26-16-7-12-22(19-26)25(28)30-18-8-17-29-24-13-6-5-11-21(24)14-15-23(27)20-9-3-2-4-10-20/h2-7,9-16,19H,8,17-18H2,1H3/q+1. The Labute approximate surface area is 176 Å². The van der Waals surface area contributed by atoms with Crippen LogP contribution < -0.4 is 9.30 Å². The molecule has 0 unspecified atom stereocenters. The van der Waals surface area contributed by atoms with Crippen LogP contribution >= 0.6 is 0 Å². The van der Waals surface area contributed by atoms with E-state index in [-0.39, 0.29) is 18.4 Å². The lowest BCUT2D eigenvalue weighted by Gasteiger charge is -2.09. The molecular formula is C25H24NO4+. The summed E-state index contributed by atoms with van der Waals surface area (Å²) in [5.74, 6) is 0.261. The van der Waals surface area contributed by atoms with Crippen molar-refractivity contribution in [2.75, 3.05) is 13.2 Å². The first-order valence-corrected chi connectivity index (χ1v) is 9.75. The fraction of sp³-hybridized carbons (Fsp3) is 0.160. The van der Waals surface area contributed by atoms with Crippen molar-refractivity contribution in [2.45, 2.75) is 6.42 Å². The van der Waals surface area contributed by atoms with Crippen LogP contribution in [0.25, 0.3) is 6.08 Å². The van der Waals surface area contributed by atoms with E-state index in [1.807, 2.05) is 55.7 Å². The number of hydrogen-bond donors (Lipinski definition) is 0. The summed E-state index contributed by atoms with van der Waals surface area (Å²) in [7, 11) is 1.85. The van der Waals surface area contributed by atoms with Crippen molar-refractivity contribution in [3.63, 3.8) is 0 Å².